The largest absolute Gasteiger partial charge is 0.391 e. The lowest BCUT2D eigenvalue weighted by atomic mass is 10.3. The number of aliphatic hydroxyl groups is 1. The van der Waals surface area contributed by atoms with E-state index in [0.29, 0.717) is 25.2 Å². The Kier molecular flexibility index (Phi) is 3.22. The molecular weight excluding hydrogens is 226 g/mol. The van der Waals surface area contributed by atoms with E-state index < -0.39 is 6.10 Å². The van der Waals surface area contributed by atoms with Crippen LogP contribution in [0.4, 0.5) is 0 Å². The van der Waals surface area contributed by atoms with E-state index in [-0.39, 0.29) is 11.9 Å². The van der Waals surface area contributed by atoms with E-state index in [1.807, 2.05) is 6.92 Å². The fourth-order valence-electron chi connectivity index (χ4n) is 1.68. The minimum atomic E-state index is -0.393. The zero-order chi connectivity index (χ0) is 11.7. The van der Waals surface area contributed by atoms with Crippen molar-refractivity contribution in [2.24, 2.45) is 5.73 Å². The number of β-amino-alcohol motifs (C(OH)–C–C–N with tert-alkyl or cyclic N) is 1. The summed E-state index contributed by atoms with van der Waals surface area (Å²) in [5.41, 5.74) is 6.12. The van der Waals surface area contributed by atoms with Gasteiger partial charge in [-0.1, -0.05) is 0 Å². The van der Waals surface area contributed by atoms with Crippen molar-refractivity contribution in [1.82, 2.24) is 9.88 Å². The second-order valence-corrected chi connectivity index (χ2v) is 4.94. The van der Waals surface area contributed by atoms with Crippen molar-refractivity contribution in [1.29, 1.82) is 0 Å². The molecule has 0 saturated carbocycles. The normalized spacial score (nSPS) is 22.4. The highest BCUT2D eigenvalue weighted by molar-refractivity contribution is 7.09. The molecule has 1 aliphatic heterocycles. The molecule has 0 radical (unpaired) electrons. The maximum Gasteiger partial charge on any atom is 0.273 e. The van der Waals surface area contributed by atoms with Gasteiger partial charge in [0.1, 0.15) is 10.7 Å². The first kappa shape index (κ1) is 11.5. The highest BCUT2D eigenvalue weighted by Crippen LogP contribution is 2.19. The van der Waals surface area contributed by atoms with Crippen molar-refractivity contribution in [3.8, 4) is 0 Å². The Bertz CT molecular complexity index is 391. The van der Waals surface area contributed by atoms with E-state index in [4.69, 9.17) is 5.73 Å². The number of hydrogen-bond acceptors (Lipinski definition) is 5. The lowest BCUT2D eigenvalue weighted by Gasteiger charge is -2.13. The molecule has 1 aromatic rings. The lowest BCUT2D eigenvalue weighted by Crippen LogP contribution is -2.29. The van der Waals surface area contributed by atoms with Gasteiger partial charge in [-0.3, -0.25) is 4.79 Å². The number of nitrogens with two attached hydrogens (primary N) is 1. The van der Waals surface area contributed by atoms with Crippen LogP contribution in [-0.4, -0.2) is 40.1 Å². The molecule has 2 rings (SSSR count). The fourth-order valence-corrected chi connectivity index (χ4v) is 2.43. The van der Waals surface area contributed by atoms with Gasteiger partial charge in [0, 0.05) is 18.5 Å². The van der Waals surface area contributed by atoms with Gasteiger partial charge >= 0.3 is 0 Å². The predicted octanol–water partition coefficient (Wildman–Crippen LogP) is 0.370. The van der Waals surface area contributed by atoms with Gasteiger partial charge in [0.15, 0.2) is 0 Å². The van der Waals surface area contributed by atoms with Crippen LogP contribution in [0, 0.1) is 0 Å². The Labute approximate surface area is 97.9 Å². The molecule has 0 spiro atoms. The van der Waals surface area contributed by atoms with Crippen LogP contribution < -0.4 is 5.73 Å². The number of thiazole rings is 1. The average Bonchev–Trinajstić information content (AvgIpc) is 2.84. The number of amides is 1. The number of hydrogen-bond donors (Lipinski definition) is 2. The van der Waals surface area contributed by atoms with Crippen molar-refractivity contribution >= 4 is 17.2 Å². The Morgan fingerprint density at radius 1 is 1.81 bits per heavy atom. The maximum atomic E-state index is 11.9. The van der Waals surface area contributed by atoms with E-state index in [1.54, 1.807) is 10.3 Å². The summed E-state index contributed by atoms with van der Waals surface area (Å²) < 4.78 is 0. The Balaban J connectivity index is 2.09. The molecule has 2 heterocycles. The van der Waals surface area contributed by atoms with Crippen molar-refractivity contribution in [2.45, 2.75) is 25.5 Å². The van der Waals surface area contributed by atoms with E-state index in [9.17, 15) is 9.90 Å². The van der Waals surface area contributed by atoms with Crippen molar-refractivity contribution in [3.05, 3.63) is 16.1 Å². The smallest absolute Gasteiger partial charge is 0.273 e. The highest BCUT2D eigenvalue weighted by Gasteiger charge is 2.26. The van der Waals surface area contributed by atoms with Crippen LogP contribution in [0.1, 0.15) is 34.9 Å². The molecule has 5 nitrogen and oxygen atoms in total. The van der Waals surface area contributed by atoms with E-state index in [1.165, 1.54) is 11.3 Å². The van der Waals surface area contributed by atoms with Crippen LogP contribution in [-0.2, 0) is 0 Å². The van der Waals surface area contributed by atoms with E-state index in [0.717, 1.165) is 5.01 Å². The van der Waals surface area contributed by atoms with Gasteiger partial charge in [-0.05, 0) is 13.3 Å². The van der Waals surface area contributed by atoms with Gasteiger partial charge in [0.25, 0.3) is 5.91 Å². The number of aliphatic hydroxyl groups excluding tert-OH is 1. The molecule has 1 saturated heterocycles. The standard InChI is InChI=1S/C10H15N3O2S/c1-6(11)9-12-8(5-16-9)10(15)13-3-2-7(14)4-13/h5-7,14H,2-4,11H2,1H3/t6?,7-/m1/s1. The summed E-state index contributed by atoms with van der Waals surface area (Å²) in [6, 6.07) is -0.143. The molecule has 3 N–H and O–H groups in total. The van der Waals surface area contributed by atoms with Gasteiger partial charge in [0.2, 0.25) is 0 Å². The summed E-state index contributed by atoms with van der Waals surface area (Å²) in [5, 5.41) is 11.9. The molecule has 16 heavy (non-hydrogen) atoms. The molecule has 0 bridgehead atoms. The van der Waals surface area contributed by atoms with Crippen molar-refractivity contribution in [2.75, 3.05) is 13.1 Å². The van der Waals surface area contributed by atoms with Gasteiger partial charge in [-0.2, -0.15) is 0 Å². The highest BCUT2D eigenvalue weighted by atomic mass is 32.1. The SMILES string of the molecule is CC(N)c1nc(C(=O)N2CC[C@@H](O)C2)cs1. The van der Waals surface area contributed by atoms with Crippen LogP contribution in [0.5, 0.6) is 0 Å². The molecule has 2 atom stereocenters. The third-order valence-electron chi connectivity index (χ3n) is 2.58. The molecule has 1 aromatic heterocycles. The van der Waals surface area contributed by atoms with Crippen LogP contribution in [0.3, 0.4) is 0 Å². The first-order valence-corrected chi connectivity index (χ1v) is 6.14. The average molecular weight is 241 g/mol. The molecule has 88 valence electrons. The first-order chi connectivity index (χ1) is 7.58. The van der Waals surface area contributed by atoms with Gasteiger partial charge in [-0.25, -0.2) is 4.98 Å². The third-order valence-corrected chi connectivity index (χ3v) is 3.63. The Morgan fingerprint density at radius 3 is 3.06 bits per heavy atom. The molecule has 6 heteroatoms. The molecule has 0 aliphatic carbocycles. The third kappa shape index (κ3) is 2.23. The number of carbonyl (C=O) groups excluding carboxylic acids is 1. The molecular formula is C10H15N3O2S. The van der Waals surface area contributed by atoms with Gasteiger partial charge < -0.3 is 15.7 Å². The minimum absolute atomic E-state index is 0.111. The monoisotopic (exact) mass is 241 g/mol. The fraction of sp³-hybridized carbons (Fsp3) is 0.600. The quantitative estimate of drug-likeness (QED) is 0.784. The van der Waals surface area contributed by atoms with Crippen LogP contribution in [0.25, 0.3) is 0 Å². The number of likely N-dealkylation sites (tertiary alicyclic amines) is 1. The molecule has 1 amide bonds. The number of aromatic nitrogens is 1. The van der Waals surface area contributed by atoms with Crippen molar-refractivity contribution in [3.63, 3.8) is 0 Å². The summed E-state index contributed by atoms with van der Waals surface area (Å²) in [5.74, 6) is -0.111. The predicted molar refractivity (Wildman–Crippen MR) is 61.2 cm³/mol. The Morgan fingerprint density at radius 2 is 2.56 bits per heavy atom. The van der Waals surface area contributed by atoms with Crippen LogP contribution in [0.2, 0.25) is 0 Å². The summed E-state index contributed by atoms with van der Waals surface area (Å²) in [6.45, 7) is 2.85. The summed E-state index contributed by atoms with van der Waals surface area (Å²) >= 11 is 1.40. The number of carbonyl (C=O) groups is 1. The van der Waals surface area contributed by atoms with Crippen LogP contribution in [0.15, 0.2) is 5.38 Å². The molecule has 0 aromatic carbocycles. The van der Waals surface area contributed by atoms with E-state index in [2.05, 4.69) is 4.98 Å². The van der Waals surface area contributed by atoms with E-state index >= 15 is 0 Å². The number of nitrogens with zero attached hydrogens (tertiary/aromatic N) is 2. The molecule has 1 unspecified atom stereocenters. The van der Waals surface area contributed by atoms with Crippen molar-refractivity contribution < 1.29 is 9.90 Å². The zero-order valence-corrected chi connectivity index (χ0v) is 9.91. The lowest BCUT2D eigenvalue weighted by molar-refractivity contribution is 0.0760. The number of rotatable bonds is 2. The van der Waals surface area contributed by atoms with Crippen LogP contribution >= 0.6 is 11.3 Å². The minimum Gasteiger partial charge on any atom is -0.391 e. The molecule has 1 aliphatic rings. The second-order valence-electron chi connectivity index (χ2n) is 4.05. The maximum absolute atomic E-state index is 11.9. The summed E-state index contributed by atoms with van der Waals surface area (Å²) in [4.78, 5) is 17.8. The second kappa shape index (κ2) is 4.48. The molecule has 1 fully saturated rings. The first-order valence-electron chi connectivity index (χ1n) is 5.26. The summed E-state index contributed by atoms with van der Waals surface area (Å²) in [7, 11) is 0. The Hall–Kier alpha value is -0.980. The zero-order valence-electron chi connectivity index (χ0n) is 9.09. The van der Waals surface area contributed by atoms with Gasteiger partial charge in [-0.15, -0.1) is 11.3 Å². The topological polar surface area (TPSA) is 79.5 Å². The van der Waals surface area contributed by atoms with Gasteiger partial charge in [0.05, 0.1) is 12.1 Å². The summed E-state index contributed by atoms with van der Waals surface area (Å²) in [6.07, 6.45) is 0.256.